The Balaban J connectivity index is 1.52. The van der Waals surface area contributed by atoms with Crippen LogP contribution < -0.4 is 15.2 Å². The van der Waals surface area contributed by atoms with Gasteiger partial charge in [0.15, 0.2) is 5.84 Å². The summed E-state index contributed by atoms with van der Waals surface area (Å²) in [5, 5.41) is 0. The summed E-state index contributed by atoms with van der Waals surface area (Å²) in [6.07, 6.45) is 4.46. The number of likely N-dealkylation sites (tertiary alicyclic amines) is 1. The van der Waals surface area contributed by atoms with Crippen molar-refractivity contribution in [3.63, 3.8) is 0 Å². The van der Waals surface area contributed by atoms with Crippen molar-refractivity contribution in [2.24, 2.45) is 10.1 Å². The number of hydrogen-bond donors (Lipinski definition) is 4. The van der Waals surface area contributed by atoms with Gasteiger partial charge in [-0.2, -0.15) is 0 Å². The number of amides is 1. The standard InChI is InChI=1S/C20H25N5O4S/c1-13-11-14(8-9-22-13)20(26)25-10-3-2-5-15(25)12-29-17-7-4-6-16-18(17)19(21)24-30(27,28)23-16/h4,6-9,11,15,23,27-28H,2-3,5,10,12H2,1H3,(H2,21,24)/t15-/m1/s1. The SMILES string of the molecule is Cc1cc(C(=O)N2CCCC[C@@H]2COc2cccc3c2C(N)=NS(O)(O)N3)ccn1. The van der Waals surface area contributed by atoms with Crippen LogP contribution in [0.1, 0.15) is 40.9 Å². The number of anilines is 1. The molecule has 30 heavy (non-hydrogen) atoms. The minimum absolute atomic E-state index is 0.00295. The lowest BCUT2D eigenvalue weighted by molar-refractivity contribution is 0.0528. The number of carbonyl (C=O) groups is 1. The Labute approximate surface area is 176 Å². The van der Waals surface area contributed by atoms with Crippen molar-refractivity contribution < 1.29 is 18.6 Å². The van der Waals surface area contributed by atoms with Crippen LogP contribution >= 0.6 is 11.0 Å². The fourth-order valence-electron chi connectivity index (χ4n) is 3.83. The van der Waals surface area contributed by atoms with Crippen LogP contribution in [0, 0.1) is 6.92 Å². The van der Waals surface area contributed by atoms with Gasteiger partial charge in [0, 0.05) is 24.0 Å². The highest BCUT2D eigenvalue weighted by Crippen LogP contribution is 2.46. The molecule has 0 spiro atoms. The first-order chi connectivity index (χ1) is 14.3. The number of pyridine rings is 1. The first-order valence-corrected chi connectivity index (χ1v) is 11.3. The largest absolute Gasteiger partial charge is 0.491 e. The Hall–Kier alpha value is -2.82. The molecule has 1 aromatic carbocycles. The van der Waals surface area contributed by atoms with Gasteiger partial charge in [-0.3, -0.25) is 23.6 Å². The fraction of sp³-hybridized carbons (Fsp3) is 0.350. The summed E-state index contributed by atoms with van der Waals surface area (Å²) in [5.41, 5.74) is 8.32. The smallest absolute Gasteiger partial charge is 0.254 e. The van der Waals surface area contributed by atoms with Gasteiger partial charge in [0.1, 0.15) is 12.4 Å². The van der Waals surface area contributed by atoms with Crippen LogP contribution in [0.4, 0.5) is 5.69 Å². The van der Waals surface area contributed by atoms with Crippen LogP contribution in [0.2, 0.25) is 0 Å². The molecule has 2 aliphatic heterocycles. The second-order valence-electron chi connectivity index (χ2n) is 7.42. The Morgan fingerprint density at radius 1 is 1.37 bits per heavy atom. The van der Waals surface area contributed by atoms with E-state index in [1.807, 2.05) is 11.8 Å². The number of nitrogens with two attached hydrogens (primary N) is 1. The van der Waals surface area contributed by atoms with Gasteiger partial charge in [-0.05, 0) is 61.4 Å². The maximum atomic E-state index is 13.1. The summed E-state index contributed by atoms with van der Waals surface area (Å²) >= 11 is 0. The number of aryl methyl sites for hydroxylation is 1. The molecule has 1 amide bonds. The summed E-state index contributed by atoms with van der Waals surface area (Å²) < 4.78 is 32.0. The van der Waals surface area contributed by atoms with Gasteiger partial charge >= 0.3 is 0 Å². The lowest BCUT2D eigenvalue weighted by Gasteiger charge is -2.36. The second kappa shape index (κ2) is 8.13. The van der Waals surface area contributed by atoms with Crippen molar-refractivity contribution in [2.45, 2.75) is 32.2 Å². The molecule has 1 saturated heterocycles. The lowest BCUT2D eigenvalue weighted by Crippen LogP contribution is -2.46. The summed E-state index contributed by atoms with van der Waals surface area (Å²) in [4.78, 5) is 19.1. The van der Waals surface area contributed by atoms with E-state index < -0.39 is 11.0 Å². The number of fused-ring (bicyclic) bond motifs is 1. The molecule has 2 aromatic rings. The van der Waals surface area contributed by atoms with Crippen molar-refractivity contribution in [3.8, 4) is 5.75 Å². The molecule has 0 saturated carbocycles. The Morgan fingerprint density at radius 3 is 3.00 bits per heavy atom. The third-order valence-electron chi connectivity index (χ3n) is 5.22. The molecule has 1 atom stereocenters. The minimum atomic E-state index is -3.35. The molecule has 9 nitrogen and oxygen atoms in total. The second-order valence-corrected chi connectivity index (χ2v) is 8.85. The first-order valence-electron chi connectivity index (χ1n) is 9.75. The van der Waals surface area contributed by atoms with Gasteiger partial charge in [0.2, 0.25) is 0 Å². The van der Waals surface area contributed by atoms with Crippen molar-refractivity contribution in [1.82, 2.24) is 9.88 Å². The molecule has 0 unspecified atom stereocenters. The maximum absolute atomic E-state index is 13.1. The molecule has 5 N–H and O–H groups in total. The van der Waals surface area contributed by atoms with Crippen molar-refractivity contribution >= 4 is 28.4 Å². The topological polar surface area (TPSA) is 133 Å². The molecule has 10 heteroatoms. The summed E-state index contributed by atoms with van der Waals surface area (Å²) in [6.45, 7) is 2.84. The molecule has 4 rings (SSSR count). The number of rotatable bonds is 4. The van der Waals surface area contributed by atoms with Crippen LogP contribution in [-0.2, 0) is 0 Å². The molecule has 0 radical (unpaired) electrons. The number of aromatic nitrogens is 1. The quantitative estimate of drug-likeness (QED) is 0.584. The number of hydrogen-bond acceptors (Lipinski definition) is 8. The molecule has 1 aromatic heterocycles. The van der Waals surface area contributed by atoms with Gasteiger partial charge in [0.05, 0.1) is 17.3 Å². The molecule has 1 fully saturated rings. The van der Waals surface area contributed by atoms with E-state index in [-0.39, 0.29) is 17.8 Å². The molecule has 2 aliphatic rings. The van der Waals surface area contributed by atoms with E-state index in [1.54, 1.807) is 36.5 Å². The number of ether oxygens (including phenoxy) is 1. The zero-order chi connectivity index (χ0) is 21.3. The number of nitrogens with one attached hydrogen (secondary N) is 1. The van der Waals surface area contributed by atoms with Gasteiger partial charge < -0.3 is 15.4 Å². The van der Waals surface area contributed by atoms with Crippen LogP contribution in [0.5, 0.6) is 5.75 Å². The molecular weight excluding hydrogens is 406 g/mol. The highest BCUT2D eigenvalue weighted by atomic mass is 32.3. The van der Waals surface area contributed by atoms with Crippen LogP contribution in [0.3, 0.4) is 0 Å². The predicted octanol–water partition coefficient (Wildman–Crippen LogP) is 3.18. The average molecular weight is 432 g/mol. The Kier molecular flexibility index (Phi) is 5.54. The number of nitrogens with zero attached hydrogens (tertiary/aromatic N) is 3. The Bertz CT molecular complexity index is 997. The third kappa shape index (κ3) is 4.20. The van der Waals surface area contributed by atoms with E-state index in [0.29, 0.717) is 35.7 Å². The normalized spacial score (nSPS) is 21.1. The average Bonchev–Trinajstić information content (AvgIpc) is 2.70. The molecule has 3 heterocycles. The molecule has 0 bridgehead atoms. The van der Waals surface area contributed by atoms with Crippen LogP contribution in [0.15, 0.2) is 40.9 Å². The molecular formula is C20H25N5O4S. The van der Waals surface area contributed by atoms with Gasteiger partial charge in [-0.1, -0.05) is 6.07 Å². The van der Waals surface area contributed by atoms with Crippen molar-refractivity contribution in [1.29, 1.82) is 0 Å². The van der Waals surface area contributed by atoms with E-state index in [4.69, 9.17) is 10.5 Å². The van der Waals surface area contributed by atoms with Crippen molar-refractivity contribution in [3.05, 3.63) is 53.3 Å². The first kappa shape index (κ1) is 20.5. The van der Waals surface area contributed by atoms with Gasteiger partial charge in [-0.15, -0.1) is 4.40 Å². The van der Waals surface area contributed by atoms with Gasteiger partial charge in [0.25, 0.3) is 5.91 Å². The highest BCUT2D eigenvalue weighted by Gasteiger charge is 2.30. The monoisotopic (exact) mass is 431 g/mol. The minimum Gasteiger partial charge on any atom is -0.491 e. The summed E-state index contributed by atoms with van der Waals surface area (Å²) in [5.74, 6) is 0.456. The number of amidine groups is 1. The van der Waals surface area contributed by atoms with Crippen molar-refractivity contribution in [2.75, 3.05) is 17.9 Å². The lowest BCUT2D eigenvalue weighted by atomic mass is 10.0. The van der Waals surface area contributed by atoms with E-state index >= 15 is 0 Å². The third-order valence-corrected chi connectivity index (χ3v) is 6.16. The number of piperidine rings is 1. The predicted molar refractivity (Wildman–Crippen MR) is 117 cm³/mol. The van der Waals surface area contributed by atoms with E-state index in [0.717, 1.165) is 25.0 Å². The van der Waals surface area contributed by atoms with E-state index in [9.17, 15) is 13.9 Å². The zero-order valence-corrected chi connectivity index (χ0v) is 17.4. The zero-order valence-electron chi connectivity index (χ0n) is 16.6. The summed E-state index contributed by atoms with van der Waals surface area (Å²) in [6, 6.07) is 8.62. The van der Waals surface area contributed by atoms with Crippen LogP contribution in [-0.4, -0.2) is 49.9 Å². The molecule has 0 aliphatic carbocycles. The van der Waals surface area contributed by atoms with E-state index in [2.05, 4.69) is 14.1 Å². The molecule has 160 valence electrons. The van der Waals surface area contributed by atoms with E-state index in [1.165, 1.54) is 0 Å². The maximum Gasteiger partial charge on any atom is 0.254 e. The fourth-order valence-corrected chi connectivity index (χ4v) is 4.70. The Morgan fingerprint density at radius 2 is 2.20 bits per heavy atom. The highest BCUT2D eigenvalue weighted by molar-refractivity contribution is 8.24. The van der Waals surface area contributed by atoms with Gasteiger partial charge in [-0.25, -0.2) is 0 Å². The number of carbonyl (C=O) groups excluding carboxylic acids is 1. The van der Waals surface area contributed by atoms with Crippen LogP contribution in [0.25, 0.3) is 0 Å². The summed E-state index contributed by atoms with van der Waals surface area (Å²) in [7, 11) is -3.35. The number of benzene rings is 1.